The van der Waals surface area contributed by atoms with Crippen molar-refractivity contribution in [2.75, 3.05) is 0 Å². The largest absolute Gasteiger partial charge is 0.295 e. The molecular weight excluding hydrogens is 160 g/mol. The Morgan fingerprint density at radius 2 is 2.31 bits per heavy atom. The Labute approximate surface area is 86.8 Å². The second-order valence-corrected chi connectivity index (χ2v) is 3.25. The zero-order valence-corrected chi connectivity index (χ0v) is 8.23. The molecule has 0 saturated heterocycles. The number of rotatable bonds is 5. The Bertz CT molecular complexity index is 320. The summed E-state index contributed by atoms with van der Waals surface area (Å²) in [4.78, 5) is 11.3. The van der Waals surface area contributed by atoms with E-state index in [2.05, 4.69) is 0 Å². The molecule has 1 nitrogen and oxygen atoms in total. The number of carbonyl (C=O) groups excluding carboxylic acids is 1. The predicted octanol–water partition coefficient (Wildman–Crippen LogP) is 3.64. The summed E-state index contributed by atoms with van der Waals surface area (Å²) in [5.74, 6) is 0.170. The number of carbonyl (C=O) groups is 1. The van der Waals surface area contributed by atoms with Gasteiger partial charge in [-0.3, -0.25) is 4.79 Å². The smallest absolute Gasteiger partial charge is 0.158 e. The molecule has 74 valence electrons. The Morgan fingerprint density at radius 3 is 2.92 bits per heavy atom. The molecule has 0 bridgehead atoms. The molecule has 0 radical (unpaired) electrons. The van der Waals surface area contributed by atoms with Crippen LogP contribution in [0.15, 0.2) is 11.6 Å². The van der Waals surface area contributed by atoms with Crippen molar-refractivity contribution in [2.24, 2.45) is 0 Å². The Hall–Kier alpha value is -0.590. The highest BCUT2D eigenvalue weighted by Crippen LogP contribution is 2.21. The summed E-state index contributed by atoms with van der Waals surface area (Å²) in [5, 5.41) is 0. The summed E-state index contributed by atoms with van der Waals surface area (Å²) in [6.07, 6.45) is 1.18. The van der Waals surface area contributed by atoms with E-state index in [9.17, 15) is 4.79 Å². The van der Waals surface area contributed by atoms with Crippen LogP contribution >= 0.6 is 0 Å². The van der Waals surface area contributed by atoms with Crippen molar-refractivity contribution in [3.63, 3.8) is 0 Å². The van der Waals surface area contributed by atoms with Gasteiger partial charge in [0.1, 0.15) is 0 Å². The van der Waals surface area contributed by atoms with Crippen LogP contribution in [0.5, 0.6) is 0 Å². The fourth-order valence-electron chi connectivity index (χ4n) is 1.49. The minimum absolute atomic E-state index is 0.130. The molecule has 0 aliphatic heterocycles. The molecule has 1 rings (SSSR count). The lowest BCUT2D eigenvalue weighted by Crippen LogP contribution is -1.90. The first-order valence-electron chi connectivity index (χ1n) is 7.02. The summed E-state index contributed by atoms with van der Waals surface area (Å²) in [6.45, 7) is 1.65. The molecule has 1 aliphatic rings. The van der Waals surface area contributed by atoms with Crippen molar-refractivity contribution in [1.82, 2.24) is 0 Å². The van der Waals surface area contributed by atoms with Crippen LogP contribution in [0.3, 0.4) is 0 Å². The maximum absolute atomic E-state index is 11.3. The van der Waals surface area contributed by atoms with Gasteiger partial charge in [-0.1, -0.05) is 32.2 Å². The quantitative estimate of drug-likeness (QED) is 0.596. The topological polar surface area (TPSA) is 17.1 Å². The normalized spacial score (nSPS) is 26.8. The van der Waals surface area contributed by atoms with Crippen LogP contribution in [0.2, 0.25) is 0 Å². The van der Waals surface area contributed by atoms with Gasteiger partial charge in [-0.15, -0.1) is 0 Å². The van der Waals surface area contributed by atoms with E-state index < -0.39 is 12.7 Å². The van der Waals surface area contributed by atoms with Crippen LogP contribution in [-0.2, 0) is 4.79 Å². The number of ketones is 1. The molecule has 0 aromatic heterocycles. The summed E-state index contributed by atoms with van der Waals surface area (Å²) < 4.78 is 30.7. The minimum Gasteiger partial charge on any atom is -0.295 e. The van der Waals surface area contributed by atoms with E-state index in [0.29, 0.717) is 12.8 Å². The first-order chi connectivity index (χ1) is 7.80. The maximum atomic E-state index is 11.3. The van der Waals surface area contributed by atoms with Gasteiger partial charge in [-0.25, -0.2) is 0 Å². The van der Waals surface area contributed by atoms with Crippen molar-refractivity contribution < 1.29 is 10.3 Å². The van der Waals surface area contributed by atoms with E-state index >= 15 is 0 Å². The highest BCUT2D eigenvalue weighted by molar-refractivity contribution is 5.97. The molecular formula is C12H20O. The van der Waals surface area contributed by atoms with Gasteiger partial charge in [0.05, 0.1) is 0 Å². The predicted molar refractivity (Wildman–Crippen MR) is 55.7 cm³/mol. The van der Waals surface area contributed by atoms with E-state index in [0.717, 1.165) is 18.4 Å². The van der Waals surface area contributed by atoms with Gasteiger partial charge >= 0.3 is 0 Å². The molecule has 0 aromatic carbocycles. The van der Waals surface area contributed by atoms with E-state index in [4.69, 9.17) is 5.48 Å². The van der Waals surface area contributed by atoms with Gasteiger partial charge in [0.25, 0.3) is 0 Å². The third-order valence-electron chi connectivity index (χ3n) is 2.17. The minimum atomic E-state index is -1.83. The lowest BCUT2D eigenvalue weighted by atomic mass is 10.1. The highest BCUT2D eigenvalue weighted by Gasteiger charge is 2.15. The fraction of sp³-hybridized carbons (Fsp3) is 0.750. The molecule has 1 heteroatoms. The molecule has 0 heterocycles. The van der Waals surface area contributed by atoms with Gasteiger partial charge in [-0.05, 0) is 31.3 Å². The average Bonchev–Trinajstić information content (AvgIpc) is 2.64. The molecule has 0 unspecified atom stereocenters. The van der Waals surface area contributed by atoms with Crippen LogP contribution in [-0.4, -0.2) is 5.78 Å². The maximum Gasteiger partial charge on any atom is 0.158 e. The highest BCUT2D eigenvalue weighted by atomic mass is 16.1. The van der Waals surface area contributed by atoms with Gasteiger partial charge in [0.2, 0.25) is 0 Å². The molecule has 1 fully saturated rings. The summed E-state index contributed by atoms with van der Waals surface area (Å²) in [6, 6.07) is 0. The first-order valence-corrected chi connectivity index (χ1v) is 5.02. The summed E-state index contributed by atoms with van der Waals surface area (Å²) in [7, 11) is 0. The molecule has 0 atom stereocenters. The molecule has 1 aliphatic carbocycles. The molecule has 0 N–H and O–H groups in total. The van der Waals surface area contributed by atoms with Crippen molar-refractivity contribution in [3.8, 4) is 0 Å². The van der Waals surface area contributed by atoms with Crippen molar-refractivity contribution in [2.45, 2.75) is 58.2 Å². The van der Waals surface area contributed by atoms with Crippen LogP contribution in [0.4, 0.5) is 0 Å². The van der Waals surface area contributed by atoms with Crippen molar-refractivity contribution in [3.05, 3.63) is 11.6 Å². The van der Waals surface area contributed by atoms with Gasteiger partial charge in [0, 0.05) is 11.9 Å². The Kier molecular flexibility index (Phi) is 2.75. The number of allylic oxidation sites excluding steroid dienone is 2. The number of hydrogen-bond acceptors (Lipinski definition) is 1. The molecule has 0 spiro atoms. The second-order valence-electron chi connectivity index (χ2n) is 3.25. The fourth-order valence-corrected chi connectivity index (χ4v) is 1.49. The Balaban J connectivity index is 2.53. The number of Topliss-reactive ketones (excluding diaryl/α,β-unsaturated/α-hetero) is 1. The standard InChI is InChI=1S/C12H20O/c1-2-3-4-5-6-8-11-9-7-10-12(11)13/h8H,2-7,9-10H2,1H3/b11-8-/i3D2,4D2. The van der Waals surface area contributed by atoms with E-state index in [-0.39, 0.29) is 18.6 Å². The van der Waals surface area contributed by atoms with Crippen LogP contribution in [0, 0.1) is 0 Å². The summed E-state index contributed by atoms with van der Waals surface area (Å²) in [5.41, 5.74) is 0.804. The molecule has 0 aromatic rings. The van der Waals surface area contributed by atoms with Crippen molar-refractivity contribution in [1.29, 1.82) is 0 Å². The van der Waals surface area contributed by atoms with E-state index in [1.165, 1.54) is 0 Å². The van der Waals surface area contributed by atoms with Crippen molar-refractivity contribution >= 4 is 5.78 Å². The third-order valence-corrected chi connectivity index (χ3v) is 2.17. The van der Waals surface area contributed by atoms with Crippen LogP contribution in [0.25, 0.3) is 0 Å². The Morgan fingerprint density at radius 1 is 1.46 bits per heavy atom. The average molecular weight is 184 g/mol. The lowest BCUT2D eigenvalue weighted by molar-refractivity contribution is -0.114. The SMILES string of the molecule is [2H]C([2H])(CC)C([2H])([2H])CC/C=C1/CCCC1=O. The molecule has 1 saturated carbocycles. The zero-order chi connectivity index (χ0) is 13.1. The molecule has 0 amide bonds. The van der Waals surface area contributed by atoms with Gasteiger partial charge < -0.3 is 0 Å². The van der Waals surface area contributed by atoms with Crippen LogP contribution in [0.1, 0.15) is 63.7 Å². The van der Waals surface area contributed by atoms with E-state index in [1.807, 2.05) is 0 Å². The molecule has 13 heavy (non-hydrogen) atoms. The first kappa shape index (κ1) is 6.00. The zero-order valence-electron chi connectivity index (χ0n) is 12.2. The van der Waals surface area contributed by atoms with Crippen LogP contribution < -0.4 is 0 Å². The monoisotopic (exact) mass is 184 g/mol. The summed E-state index contributed by atoms with van der Waals surface area (Å²) >= 11 is 0. The third kappa shape index (κ3) is 3.75. The number of hydrogen-bond donors (Lipinski definition) is 0. The van der Waals surface area contributed by atoms with Gasteiger partial charge in [0.15, 0.2) is 5.78 Å². The van der Waals surface area contributed by atoms with E-state index in [1.54, 1.807) is 13.0 Å². The lowest BCUT2D eigenvalue weighted by Gasteiger charge is -1.96. The van der Waals surface area contributed by atoms with Gasteiger partial charge in [-0.2, -0.15) is 0 Å². The second kappa shape index (κ2) is 5.95.